The lowest BCUT2D eigenvalue weighted by Gasteiger charge is -2.32. The van der Waals surface area contributed by atoms with Gasteiger partial charge in [-0.05, 0) is 43.2 Å². The molecule has 0 aliphatic carbocycles. The molecule has 1 atom stereocenters. The smallest absolute Gasteiger partial charge is 0.255 e. The summed E-state index contributed by atoms with van der Waals surface area (Å²) in [7, 11) is 1.61. The highest BCUT2D eigenvalue weighted by molar-refractivity contribution is 5.94. The minimum Gasteiger partial charge on any atom is -0.497 e. The van der Waals surface area contributed by atoms with Crippen LogP contribution in [0.2, 0.25) is 0 Å². The molecule has 1 aliphatic rings. The number of nitrogens with zero attached hydrogens (tertiary/aromatic N) is 6. The maximum atomic E-state index is 13.2. The number of hydrogen-bond acceptors (Lipinski definition) is 7. The van der Waals surface area contributed by atoms with Crippen molar-refractivity contribution >= 4 is 5.91 Å². The molecule has 0 saturated carbocycles. The molecular formula is C25H24N6O3. The van der Waals surface area contributed by atoms with Crippen molar-refractivity contribution in [2.45, 2.75) is 18.8 Å². The number of carbonyl (C=O) groups is 1. The lowest BCUT2D eigenvalue weighted by molar-refractivity contribution is 0.0704. The van der Waals surface area contributed by atoms with E-state index in [4.69, 9.17) is 9.47 Å². The normalized spacial score (nSPS) is 15.7. The molecule has 1 fully saturated rings. The Kier molecular flexibility index (Phi) is 6.15. The highest BCUT2D eigenvalue weighted by Crippen LogP contribution is 2.33. The molecule has 1 aromatic carbocycles. The zero-order valence-corrected chi connectivity index (χ0v) is 18.7. The van der Waals surface area contributed by atoms with Crippen LogP contribution in [0, 0.1) is 0 Å². The van der Waals surface area contributed by atoms with Gasteiger partial charge >= 0.3 is 0 Å². The van der Waals surface area contributed by atoms with E-state index in [9.17, 15) is 4.79 Å². The molecule has 1 amide bonds. The van der Waals surface area contributed by atoms with Crippen LogP contribution in [0.15, 0.2) is 73.4 Å². The zero-order valence-electron chi connectivity index (χ0n) is 18.7. The minimum atomic E-state index is -0.0524. The topological polar surface area (TPSA) is 95.3 Å². The van der Waals surface area contributed by atoms with Crippen molar-refractivity contribution in [3.63, 3.8) is 0 Å². The van der Waals surface area contributed by atoms with Crippen molar-refractivity contribution in [1.29, 1.82) is 0 Å². The molecule has 0 radical (unpaired) electrons. The van der Waals surface area contributed by atoms with Crippen LogP contribution in [0.25, 0.3) is 5.82 Å². The Hall–Kier alpha value is -4.27. The molecule has 9 nitrogen and oxygen atoms in total. The van der Waals surface area contributed by atoms with Gasteiger partial charge in [0.2, 0.25) is 5.88 Å². The van der Waals surface area contributed by atoms with Gasteiger partial charge in [-0.2, -0.15) is 5.10 Å². The summed E-state index contributed by atoms with van der Waals surface area (Å²) in [6, 6.07) is 12.8. The van der Waals surface area contributed by atoms with Crippen LogP contribution in [0.4, 0.5) is 0 Å². The summed E-state index contributed by atoms with van der Waals surface area (Å²) in [4.78, 5) is 28.4. The Bertz CT molecular complexity index is 1260. The molecule has 0 bridgehead atoms. The molecule has 172 valence electrons. The lowest BCUT2D eigenvalue weighted by atomic mass is 9.94. The minimum absolute atomic E-state index is 0.0170. The molecule has 0 N–H and O–H groups in total. The number of carbonyl (C=O) groups excluding carboxylic acids is 1. The van der Waals surface area contributed by atoms with Gasteiger partial charge in [-0.3, -0.25) is 9.78 Å². The number of benzene rings is 1. The van der Waals surface area contributed by atoms with Gasteiger partial charge in [0.25, 0.3) is 5.91 Å². The van der Waals surface area contributed by atoms with Gasteiger partial charge in [-0.25, -0.2) is 14.6 Å². The molecule has 1 saturated heterocycles. The Labute approximate surface area is 197 Å². The first-order valence-corrected chi connectivity index (χ1v) is 11.1. The monoisotopic (exact) mass is 456 g/mol. The van der Waals surface area contributed by atoms with Crippen LogP contribution < -0.4 is 9.47 Å². The second kappa shape index (κ2) is 9.70. The Morgan fingerprint density at radius 3 is 2.71 bits per heavy atom. The molecule has 5 rings (SSSR count). The number of hydrogen-bond donors (Lipinski definition) is 0. The lowest BCUT2D eigenvalue weighted by Crippen LogP contribution is -2.39. The van der Waals surface area contributed by atoms with E-state index in [-0.39, 0.29) is 11.8 Å². The van der Waals surface area contributed by atoms with E-state index in [1.54, 1.807) is 54.8 Å². The first kappa shape index (κ1) is 21.6. The van der Waals surface area contributed by atoms with Gasteiger partial charge in [0.15, 0.2) is 5.82 Å². The molecule has 4 heterocycles. The maximum absolute atomic E-state index is 13.2. The first-order chi connectivity index (χ1) is 16.7. The van der Waals surface area contributed by atoms with E-state index < -0.39 is 0 Å². The van der Waals surface area contributed by atoms with Crippen molar-refractivity contribution in [3.05, 3.63) is 84.7 Å². The van der Waals surface area contributed by atoms with Crippen molar-refractivity contribution in [3.8, 4) is 23.2 Å². The predicted molar refractivity (Wildman–Crippen MR) is 124 cm³/mol. The number of ether oxygens (including phenoxy) is 2. The first-order valence-electron chi connectivity index (χ1n) is 11.1. The van der Waals surface area contributed by atoms with Crippen molar-refractivity contribution < 1.29 is 14.3 Å². The number of piperidine rings is 1. The van der Waals surface area contributed by atoms with Gasteiger partial charge in [0, 0.05) is 56.1 Å². The number of aromatic nitrogens is 5. The summed E-state index contributed by atoms with van der Waals surface area (Å²) in [6.45, 7) is 1.22. The third-order valence-corrected chi connectivity index (χ3v) is 5.78. The fraction of sp³-hybridized carbons (Fsp3) is 0.240. The predicted octanol–water partition coefficient (Wildman–Crippen LogP) is 3.88. The van der Waals surface area contributed by atoms with Crippen LogP contribution in [-0.4, -0.2) is 55.7 Å². The van der Waals surface area contributed by atoms with E-state index in [1.807, 2.05) is 35.4 Å². The van der Waals surface area contributed by atoms with Gasteiger partial charge in [-0.1, -0.05) is 6.07 Å². The third-order valence-electron chi connectivity index (χ3n) is 5.78. The number of likely N-dealkylation sites (tertiary alicyclic amines) is 1. The number of pyridine rings is 1. The molecule has 1 unspecified atom stereocenters. The second-order valence-corrected chi connectivity index (χ2v) is 7.97. The van der Waals surface area contributed by atoms with Crippen LogP contribution in [0.1, 0.15) is 34.8 Å². The number of rotatable bonds is 6. The Morgan fingerprint density at radius 2 is 1.91 bits per heavy atom. The van der Waals surface area contributed by atoms with Crippen molar-refractivity contribution in [1.82, 2.24) is 29.6 Å². The average Bonchev–Trinajstić information content (AvgIpc) is 3.44. The highest BCUT2D eigenvalue weighted by atomic mass is 16.5. The van der Waals surface area contributed by atoms with Crippen molar-refractivity contribution in [2.75, 3.05) is 20.2 Å². The van der Waals surface area contributed by atoms with Crippen LogP contribution >= 0.6 is 0 Å². The summed E-state index contributed by atoms with van der Waals surface area (Å²) in [6.07, 6.45) is 10.1. The van der Waals surface area contributed by atoms with E-state index in [0.717, 1.165) is 18.5 Å². The third kappa shape index (κ3) is 4.59. The van der Waals surface area contributed by atoms with E-state index in [0.29, 0.717) is 41.8 Å². The van der Waals surface area contributed by atoms with E-state index >= 15 is 0 Å². The molecule has 0 spiro atoms. The molecule has 1 aliphatic heterocycles. The van der Waals surface area contributed by atoms with E-state index in [1.165, 1.54) is 0 Å². The van der Waals surface area contributed by atoms with Crippen molar-refractivity contribution in [2.24, 2.45) is 0 Å². The summed E-state index contributed by atoms with van der Waals surface area (Å²) < 4.78 is 13.0. The fourth-order valence-electron chi connectivity index (χ4n) is 4.09. The number of methoxy groups -OCH3 is 1. The summed E-state index contributed by atoms with van der Waals surface area (Å²) in [5, 5.41) is 4.17. The van der Waals surface area contributed by atoms with Crippen LogP contribution in [0.5, 0.6) is 17.4 Å². The molecular weight excluding hydrogens is 432 g/mol. The maximum Gasteiger partial charge on any atom is 0.255 e. The van der Waals surface area contributed by atoms with Gasteiger partial charge in [0.05, 0.1) is 12.7 Å². The van der Waals surface area contributed by atoms with Crippen LogP contribution in [-0.2, 0) is 0 Å². The van der Waals surface area contributed by atoms with Crippen LogP contribution in [0.3, 0.4) is 0 Å². The van der Waals surface area contributed by atoms with E-state index in [2.05, 4.69) is 20.1 Å². The zero-order chi connectivity index (χ0) is 23.3. The summed E-state index contributed by atoms with van der Waals surface area (Å²) in [5.41, 5.74) is 1.29. The summed E-state index contributed by atoms with van der Waals surface area (Å²) in [5.74, 6) is 2.39. The molecule has 3 aromatic heterocycles. The van der Waals surface area contributed by atoms with Gasteiger partial charge in [0.1, 0.15) is 17.2 Å². The Balaban J connectivity index is 1.32. The quantitative estimate of drug-likeness (QED) is 0.434. The fourth-order valence-corrected chi connectivity index (χ4v) is 4.09. The largest absolute Gasteiger partial charge is 0.497 e. The SMILES string of the molecule is COc1cccc(Oc2nccnc2C2CCCN(C(=O)c3ccc(-n4cccn4)nc3)C2)c1. The second-order valence-electron chi connectivity index (χ2n) is 7.97. The molecule has 4 aromatic rings. The average molecular weight is 457 g/mol. The van der Waals surface area contributed by atoms with Gasteiger partial charge < -0.3 is 14.4 Å². The standard InChI is InChI=1S/C25H24N6O3/c1-33-20-6-2-7-21(15-20)34-24-23(26-11-12-27-24)19-5-3-13-30(17-19)25(32)18-8-9-22(28-16-18)31-14-4-10-29-31/h2,4,6-12,14-16,19H,3,5,13,17H2,1H3. The highest BCUT2D eigenvalue weighted by Gasteiger charge is 2.29. The van der Waals surface area contributed by atoms with Gasteiger partial charge in [-0.15, -0.1) is 0 Å². The Morgan fingerprint density at radius 1 is 1.03 bits per heavy atom. The molecule has 34 heavy (non-hydrogen) atoms. The summed E-state index contributed by atoms with van der Waals surface area (Å²) >= 11 is 0. The number of amides is 1. The molecule has 9 heteroatoms.